The fourth-order valence-corrected chi connectivity index (χ4v) is 6.50. The fourth-order valence-electron chi connectivity index (χ4n) is 5.12. The van der Waals surface area contributed by atoms with E-state index in [-0.39, 0.29) is 0 Å². The summed E-state index contributed by atoms with van der Waals surface area (Å²) in [5, 5.41) is 39.6. The number of hydrogen-bond acceptors (Lipinski definition) is 14. The smallest absolute Gasteiger partial charge is 0.137 e. The average molecular weight is 1320 g/mol. The Morgan fingerprint density at radius 1 is 0.352 bits per heavy atom. The third kappa shape index (κ3) is 113. The topological polar surface area (TPSA) is 223 Å². The van der Waals surface area contributed by atoms with Gasteiger partial charge in [-0.05, 0) is 109 Å². The van der Waals surface area contributed by atoms with Gasteiger partial charge in [0.25, 0.3) is 0 Å². The Labute approximate surface area is 569 Å². The summed E-state index contributed by atoms with van der Waals surface area (Å²) in [5.41, 5.74) is 7.10. The molecule has 91 heavy (non-hydrogen) atoms. The number of nitrogens with one attached hydrogen (secondary N) is 4. The molecule has 532 valence electrons. The summed E-state index contributed by atoms with van der Waals surface area (Å²) in [7, 11) is 0. The van der Waals surface area contributed by atoms with Crippen molar-refractivity contribution in [1.29, 1.82) is 0 Å². The summed E-state index contributed by atoms with van der Waals surface area (Å²) >= 11 is 3.41. The van der Waals surface area contributed by atoms with Crippen LogP contribution in [0.1, 0.15) is 276 Å². The molecule has 0 spiro atoms. The van der Waals surface area contributed by atoms with Crippen molar-refractivity contribution in [1.82, 2.24) is 85.9 Å². The molecule has 4 N–H and O–H groups in total. The van der Waals surface area contributed by atoms with Crippen LogP contribution in [0.4, 0.5) is 0 Å². The van der Waals surface area contributed by atoms with E-state index in [1.807, 2.05) is 21.9 Å². The first-order chi connectivity index (χ1) is 42.1. The molecule has 0 atom stereocenters. The number of aromatic nitrogens is 17. The number of thiazole rings is 2. The maximum absolute atomic E-state index is 4.17. The van der Waals surface area contributed by atoms with Crippen molar-refractivity contribution in [2.24, 2.45) is 82.9 Å². The van der Waals surface area contributed by atoms with Gasteiger partial charge in [-0.1, -0.05) is 242 Å². The fraction of sp³-hybridized carbons (Fsp3) is 0.778. The lowest BCUT2D eigenvalue weighted by Crippen LogP contribution is -2.03. The average Bonchev–Trinajstić information content (AvgIpc) is 4.26. The highest BCUT2D eigenvalue weighted by atomic mass is 32.1. The Balaban J connectivity index is -0.000000170. The van der Waals surface area contributed by atoms with Crippen LogP contribution in [0.3, 0.4) is 0 Å². The van der Waals surface area contributed by atoms with Crippen molar-refractivity contribution in [2.75, 3.05) is 0 Å². The molecule has 0 aromatic carbocycles. The van der Waals surface area contributed by atoms with Gasteiger partial charge in [-0.25, -0.2) is 19.9 Å². The molecule has 0 aliphatic carbocycles. The van der Waals surface area contributed by atoms with Crippen molar-refractivity contribution < 1.29 is 0 Å². The predicted octanol–water partition coefficient (Wildman–Crippen LogP) is 21.3. The summed E-state index contributed by atoms with van der Waals surface area (Å²) < 4.78 is 1.84. The molecule has 0 saturated carbocycles. The lowest BCUT2D eigenvalue weighted by molar-refractivity contribution is 0.482. The quantitative estimate of drug-likeness (QED) is 0.0798. The third-order valence-electron chi connectivity index (χ3n) is 7.51. The van der Waals surface area contributed by atoms with Crippen LogP contribution in [0.25, 0.3) is 0 Å². The van der Waals surface area contributed by atoms with Gasteiger partial charge in [-0.15, -0.1) is 22.7 Å². The van der Waals surface area contributed by atoms with Crippen LogP contribution >= 0.6 is 22.7 Å². The Morgan fingerprint density at radius 3 is 0.912 bits per heavy atom. The van der Waals surface area contributed by atoms with Crippen molar-refractivity contribution in [3.63, 3.8) is 0 Å². The molecule has 7 heterocycles. The molecule has 0 saturated heterocycles. The summed E-state index contributed by atoms with van der Waals surface area (Å²) in [6, 6.07) is 0. The van der Waals surface area contributed by atoms with Gasteiger partial charge in [0.1, 0.15) is 37.0 Å². The minimum absolute atomic E-state index is 0.645. The highest BCUT2D eigenvalue weighted by molar-refractivity contribution is 7.09. The van der Waals surface area contributed by atoms with E-state index in [1.54, 1.807) is 47.7 Å². The van der Waals surface area contributed by atoms with Gasteiger partial charge in [0, 0.05) is 35.8 Å². The van der Waals surface area contributed by atoms with Crippen LogP contribution in [0.5, 0.6) is 0 Å². The maximum Gasteiger partial charge on any atom is 0.137 e. The number of hydrogen-bond donors (Lipinski definition) is 4. The predicted molar refractivity (Wildman–Crippen MR) is 399 cm³/mol. The van der Waals surface area contributed by atoms with E-state index in [4.69, 9.17) is 0 Å². The van der Waals surface area contributed by atoms with Crippen LogP contribution in [0, 0.1) is 82.9 Å². The molecule has 0 fully saturated rings. The standard InChI is InChI=1S/2C7H11NS.5C6H11N3.7C4H10/c1-6(2)3-7-4-9-5-8-7;1-6(2)3-7-4-8-5-9-7;1-6(2)3-9-5-7-4-8-9;2*1-5(2)3-6-7-4-8-9-6;2*1-5(2)3-6-4-7-9-8-6;7*1-4(2)3/h3*4-6H,3H2,1-2H3;4*4-5H,3H2,1-2H3,(H,7,8,9);7*4H,1-3H3. The Morgan fingerprint density at radius 2 is 0.692 bits per heavy atom. The summed E-state index contributed by atoms with van der Waals surface area (Å²) in [6.45, 7) is 76.9. The van der Waals surface area contributed by atoms with E-state index in [1.165, 1.54) is 29.6 Å². The second-order valence-corrected chi connectivity index (χ2v) is 31.6. The minimum atomic E-state index is 0.645. The molecule has 19 heteroatoms. The van der Waals surface area contributed by atoms with Gasteiger partial charge < -0.3 is 0 Å². The van der Waals surface area contributed by atoms with E-state index < -0.39 is 0 Å². The molecule has 0 aliphatic rings. The highest BCUT2D eigenvalue weighted by Crippen LogP contribution is 2.11. The molecular weight excluding hydrogens is 1170 g/mol. The van der Waals surface area contributed by atoms with Crippen molar-refractivity contribution >= 4 is 22.7 Å². The zero-order valence-corrected chi connectivity index (χ0v) is 67.1. The molecule has 0 amide bonds. The molecule has 17 nitrogen and oxygen atoms in total. The summed E-state index contributed by atoms with van der Waals surface area (Å²) in [6.07, 6.45) is 18.1. The largest absolute Gasteiger partial charge is 0.263 e. The molecule has 0 aliphatic heterocycles. The van der Waals surface area contributed by atoms with E-state index in [0.717, 1.165) is 115 Å². The maximum atomic E-state index is 4.17. The molecule has 0 radical (unpaired) electrons. The second-order valence-electron chi connectivity index (χ2n) is 30.0. The van der Waals surface area contributed by atoms with Crippen LogP contribution in [0.15, 0.2) is 60.3 Å². The van der Waals surface area contributed by atoms with E-state index in [2.05, 4.69) is 329 Å². The molecule has 7 rings (SSSR count). The van der Waals surface area contributed by atoms with Gasteiger partial charge in [-0.2, -0.15) is 46.1 Å². The van der Waals surface area contributed by atoms with Gasteiger partial charge in [0.05, 0.1) is 40.5 Å². The van der Waals surface area contributed by atoms with Crippen LogP contribution < -0.4 is 0 Å². The van der Waals surface area contributed by atoms with Crippen molar-refractivity contribution in [2.45, 2.75) is 287 Å². The monoisotopic (exact) mass is 1310 g/mol. The summed E-state index contributed by atoms with van der Waals surface area (Å²) in [5.74, 6) is 12.5. The Kier molecular flexibility index (Phi) is 75.8. The van der Waals surface area contributed by atoms with Gasteiger partial charge in [-0.3, -0.25) is 19.9 Å². The van der Waals surface area contributed by atoms with Gasteiger partial charge in [0.2, 0.25) is 0 Å². The third-order valence-corrected chi connectivity index (χ3v) is 8.95. The highest BCUT2D eigenvalue weighted by Gasteiger charge is 2.02. The minimum Gasteiger partial charge on any atom is -0.263 e. The van der Waals surface area contributed by atoms with Crippen LogP contribution in [-0.4, -0.2) is 85.9 Å². The van der Waals surface area contributed by atoms with Crippen LogP contribution in [-0.2, 0) is 45.1 Å². The molecule has 7 aromatic heterocycles. The Hall–Kier alpha value is -5.04. The molecule has 0 bridgehead atoms. The first kappa shape index (κ1) is 99.5. The number of rotatable bonds is 14. The van der Waals surface area contributed by atoms with E-state index >= 15 is 0 Å². The lowest BCUT2D eigenvalue weighted by atomic mass is 10.1. The first-order valence-electron chi connectivity index (χ1n) is 34.1. The first-order valence-corrected chi connectivity index (χ1v) is 35.9. The number of aromatic amines is 4. The second kappa shape index (κ2) is 69.3. The molecule has 7 aromatic rings. The van der Waals surface area contributed by atoms with E-state index in [0.29, 0.717) is 29.6 Å². The molecular formula is C72H147N17S2. The van der Waals surface area contributed by atoms with Crippen LogP contribution in [0.2, 0.25) is 0 Å². The van der Waals surface area contributed by atoms with Crippen molar-refractivity contribution in [3.8, 4) is 0 Å². The number of H-pyrrole nitrogens is 4. The number of nitrogens with zero attached hydrogens (tertiary/aromatic N) is 13. The zero-order chi connectivity index (χ0) is 71.9. The zero-order valence-electron chi connectivity index (χ0n) is 65.4. The normalized spacial score (nSPS) is 10.1. The lowest BCUT2D eigenvalue weighted by Gasteiger charge is -2.01. The SMILES string of the molecule is CC(C)C.CC(C)C.CC(C)C.CC(C)C.CC(C)C.CC(C)C.CC(C)C.CC(C)Cc1cn[nH]n1.CC(C)Cc1cn[nH]n1.CC(C)Cc1cncs1.CC(C)Cc1cscn1.CC(C)Cc1ncn[nH]1.CC(C)Cc1ncn[nH]1.CC(C)Cn1cncn1. The van der Waals surface area contributed by atoms with Gasteiger partial charge in [0.15, 0.2) is 0 Å². The van der Waals surface area contributed by atoms with Gasteiger partial charge >= 0.3 is 0 Å². The van der Waals surface area contributed by atoms with Crippen molar-refractivity contribution in [3.05, 3.63) is 93.9 Å². The molecule has 0 unspecified atom stereocenters. The summed E-state index contributed by atoms with van der Waals surface area (Å²) in [4.78, 5) is 21.4. The Bertz CT molecular complexity index is 1770. The van der Waals surface area contributed by atoms with E-state index in [9.17, 15) is 0 Å².